The predicted octanol–water partition coefficient (Wildman–Crippen LogP) is 1.34. The summed E-state index contributed by atoms with van der Waals surface area (Å²) in [7, 11) is 2.22. The zero-order valence-corrected chi connectivity index (χ0v) is 11.2. The maximum atomic E-state index is 5.49. The molecule has 0 aliphatic carbocycles. The minimum absolute atomic E-state index is 0.350. The van der Waals surface area contributed by atoms with Crippen LogP contribution >= 0.6 is 0 Å². The van der Waals surface area contributed by atoms with Crippen LogP contribution in [0.5, 0.6) is 0 Å². The van der Waals surface area contributed by atoms with Gasteiger partial charge in [-0.05, 0) is 18.9 Å². The van der Waals surface area contributed by atoms with Gasteiger partial charge in [-0.1, -0.05) is 20.8 Å². The molecule has 0 saturated carbocycles. The second-order valence-corrected chi connectivity index (χ2v) is 6.64. The molecule has 16 heavy (non-hydrogen) atoms. The van der Waals surface area contributed by atoms with Gasteiger partial charge >= 0.3 is 0 Å². The minimum Gasteiger partial charge on any atom is -0.380 e. The second kappa shape index (κ2) is 4.28. The fourth-order valence-corrected chi connectivity index (χ4v) is 2.81. The summed E-state index contributed by atoms with van der Waals surface area (Å²) in [5.41, 5.74) is 0.742. The first-order valence-corrected chi connectivity index (χ1v) is 6.43. The Morgan fingerprint density at radius 3 is 2.50 bits per heavy atom. The third-order valence-corrected chi connectivity index (χ3v) is 4.44. The van der Waals surface area contributed by atoms with Gasteiger partial charge in [-0.15, -0.1) is 0 Å². The zero-order valence-electron chi connectivity index (χ0n) is 11.2. The molecule has 0 amide bonds. The standard InChI is InChI=1S/C13H26N2O/c1-12(2,3)13(9-16-10-13)7-11-8-15(4)6-5-14-11/h11,14H,5-10H2,1-4H3. The fraction of sp³-hybridized carbons (Fsp3) is 1.00. The molecule has 1 N–H and O–H groups in total. The van der Waals surface area contributed by atoms with E-state index < -0.39 is 0 Å². The zero-order chi connectivity index (χ0) is 11.8. The molecule has 3 nitrogen and oxygen atoms in total. The molecular weight excluding hydrogens is 200 g/mol. The van der Waals surface area contributed by atoms with Gasteiger partial charge in [0, 0.05) is 31.1 Å². The van der Waals surface area contributed by atoms with Crippen LogP contribution in [0, 0.1) is 10.8 Å². The van der Waals surface area contributed by atoms with E-state index in [2.05, 4.69) is 38.0 Å². The SMILES string of the molecule is CN1CCNC(CC2(C(C)(C)C)COC2)C1. The Bertz CT molecular complexity index is 243. The van der Waals surface area contributed by atoms with Crippen LogP contribution in [0.25, 0.3) is 0 Å². The smallest absolute Gasteiger partial charge is 0.0550 e. The number of rotatable bonds is 2. The van der Waals surface area contributed by atoms with Gasteiger partial charge < -0.3 is 15.0 Å². The molecule has 0 bridgehead atoms. The Balaban J connectivity index is 1.96. The summed E-state index contributed by atoms with van der Waals surface area (Å²) in [6.45, 7) is 12.4. The summed E-state index contributed by atoms with van der Waals surface area (Å²) in [6.07, 6.45) is 1.25. The van der Waals surface area contributed by atoms with E-state index in [1.807, 2.05) is 0 Å². The fourth-order valence-electron chi connectivity index (χ4n) is 2.81. The highest BCUT2D eigenvalue weighted by Gasteiger charge is 2.49. The highest BCUT2D eigenvalue weighted by Crippen LogP contribution is 2.48. The molecule has 0 aromatic heterocycles. The van der Waals surface area contributed by atoms with Gasteiger partial charge in [-0.3, -0.25) is 0 Å². The number of ether oxygens (including phenoxy) is 1. The molecule has 0 radical (unpaired) electrons. The molecule has 2 rings (SSSR count). The molecular formula is C13H26N2O. The van der Waals surface area contributed by atoms with Crippen molar-refractivity contribution in [1.29, 1.82) is 0 Å². The third-order valence-electron chi connectivity index (χ3n) is 4.44. The number of nitrogens with one attached hydrogen (secondary N) is 1. The van der Waals surface area contributed by atoms with Gasteiger partial charge in [0.15, 0.2) is 0 Å². The van der Waals surface area contributed by atoms with Crippen molar-refractivity contribution in [3.8, 4) is 0 Å². The van der Waals surface area contributed by atoms with E-state index in [9.17, 15) is 0 Å². The Hall–Kier alpha value is -0.120. The monoisotopic (exact) mass is 226 g/mol. The van der Waals surface area contributed by atoms with Crippen LogP contribution in [-0.4, -0.2) is 50.8 Å². The summed E-state index contributed by atoms with van der Waals surface area (Å²) in [4.78, 5) is 2.43. The highest BCUT2D eigenvalue weighted by molar-refractivity contribution is 4.98. The Morgan fingerprint density at radius 2 is 2.06 bits per heavy atom. The lowest BCUT2D eigenvalue weighted by molar-refractivity contribution is -0.179. The molecule has 0 spiro atoms. The van der Waals surface area contributed by atoms with E-state index in [1.54, 1.807) is 0 Å². The second-order valence-electron chi connectivity index (χ2n) is 6.64. The van der Waals surface area contributed by atoms with Crippen molar-refractivity contribution in [1.82, 2.24) is 10.2 Å². The van der Waals surface area contributed by atoms with Crippen molar-refractivity contribution in [2.75, 3.05) is 39.9 Å². The molecule has 2 fully saturated rings. The molecule has 3 heteroatoms. The van der Waals surface area contributed by atoms with Gasteiger partial charge in [0.25, 0.3) is 0 Å². The summed E-state index contributed by atoms with van der Waals surface area (Å²) in [5, 5.41) is 3.65. The van der Waals surface area contributed by atoms with Gasteiger partial charge in [0.05, 0.1) is 13.2 Å². The van der Waals surface area contributed by atoms with E-state index in [1.165, 1.54) is 19.5 Å². The number of piperazine rings is 1. The number of hydrogen-bond donors (Lipinski definition) is 1. The van der Waals surface area contributed by atoms with Crippen LogP contribution in [0.3, 0.4) is 0 Å². The molecule has 2 saturated heterocycles. The van der Waals surface area contributed by atoms with Crippen molar-refractivity contribution < 1.29 is 4.74 Å². The quantitative estimate of drug-likeness (QED) is 0.769. The molecule has 94 valence electrons. The average Bonchev–Trinajstić information content (AvgIpc) is 2.09. The van der Waals surface area contributed by atoms with Crippen LogP contribution in [0.1, 0.15) is 27.2 Å². The number of likely N-dealkylation sites (N-methyl/N-ethyl adjacent to an activating group) is 1. The molecule has 0 aromatic carbocycles. The Labute approximate surface area is 99.5 Å². The lowest BCUT2D eigenvalue weighted by Gasteiger charge is -2.53. The lowest BCUT2D eigenvalue weighted by Crippen LogP contribution is -2.58. The summed E-state index contributed by atoms with van der Waals surface area (Å²) in [6, 6.07) is 0.641. The van der Waals surface area contributed by atoms with Crippen LogP contribution in [0.2, 0.25) is 0 Å². The maximum Gasteiger partial charge on any atom is 0.0550 e. The van der Waals surface area contributed by atoms with Gasteiger partial charge in [0.1, 0.15) is 0 Å². The van der Waals surface area contributed by atoms with Crippen LogP contribution in [-0.2, 0) is 4.74 Å². The van der Waals surface area contributed by atoms with Crippen molar-refractivity contribution >= 4 is 0 Å². The van der Waals surface area contributed by atoms with Crippen molar-refractivity contribution in [3.63, 3.8) is 0 Å². The largest absolute Gasteiger partial charge is 0.380 e. The van der Waals surface area contributed by atoms with Gasteiger partial charge in [-0.2, -0.15) is 0 Å². The maximum absolute atomic E-state index is 5.49. The van der Waals surface area contributed by atoms with E-state index in [4.69, 9.17) is 4.74 Å². The summed E-state index contributed by atoms with van der Waals surface area (Å²) in [5.74, 6) is 0. The average molecular weight is 226 g/mol. The van der Waals surface area contributed by atoms with Gasteiger partial charge in [0.2, 0.25) is 0 Å². The minimum atomic E-state index is 0.350. The Morgan fingerprint density at radius 1 is 1.38 bits per heavy atom. The van der Waals surface area contributed by atoms with Crippen LogP contribution in [0.15, 0.2) is 0 Å². The molecule has 2 aliphatic heterocycles. The van der Waals surface area contributed by atoms with Crippen molar-refractivity contribution in [2.45, 2.75) is 33.2 Å². The molecule has 1 atom stereocenters. The molecule has 0 aromatic rings. The first-order chi connectivity index (χ1) is 7.43. The van der Waals surface area contributed by atoms with E-state index >= 15 is 0 Å². The van der Waals surface area contributed by atoms with Crippen LogP contribution in [0.4, 0.5) is 0 Å². The molecule has 1 unspecified atom stereocenters. The molecule has 2 aliphatic rings. The summed E-state index contributed by atoms with van der Waals surface area (Å²) >= 11 is 0. The number of nitrogens with zero attached hydrogens (tertiary/aromatic N) is 1. The molecule has 2 heterocycles. The predicted molar refractivity (Wildman–Crippen MR) is 66.6 cm³/mol. The normalized spacial score (nSPS) is 31.1. The van der Waals surface area contributed by atoms with Crippen molar-refractivity contribution in [2.24, 2.45) is 10.8 Å². The van der Waals surface area contributed by atoms with E-state index in [0.717, 1.165) is 19.8 Å². The van der Waals surface area contributed by atoms with Crippen LogP contribution < -0.4 is 5.32 Å². The summed E-state index contributed by atoms with van der Waals surface area (Å²) < 4.78 is 5.49. The highest BCUT2D eigenvalue weighted by atomic mass is 16.5. The third kappa shape index (κ3) is 2.27. The van der Waals surface area contributed by atoms with E-state index in [-0.39, 0.29) is 0 Å². The lowest BCUT2D eigenvalue weighted by atomic mass is 9.62. The van der Waals surface area contributed by atoms with Crippen molar-refractivity contribution in [3.05, 3.63) is 0 Å². The topological polar surface area (TPSA) is 24.5 Å². The van der Waals surface area contributed by atoms with E-state index in [0.29, 0.717) is 16.9 Å². The number of hydrogen-bond acceptors (Lipinski definition) is 3. The first kappa shape index (κ1) is 12.3. The van der Waals surface area contributed by atoms with Gasteiger partial charge in [-0.25, -0.2) is 0 Å². The Kier molecular flexibility index (Phi) is 3.30. The first-order valence-electron chi connectivity index (χ1n) is 6.43.